The number of aliphatic hydroxyl groups excluding tert-OH is 1. The average molecular weight is 423 g/mol. The van der Waals surface area contributed by atoms with Crippen molar-refractivity contribution in [2.24, 2.45) is 0 Å². The summed E-state index contributed by atoms with van der Waals surface area (Å²) in [7, 11) is 1.59. The smallest absolute Gasteiger partial charge is 0.295 e. The molecule has 0 aromatic heterocycles. The van der Waals surface area contributed by atoms with Crippen molar-refractivity contribution in [2.45, 2.75) is 26.3 Å². The second kappa shape index (κ2) is 10.3. The number of aliphatic hydroxyl groups is 1. The number of likely N-dealkylation sites (tertiary alicyclic amines) is 1. The van der Waals surface area contributed by atoms with Crippen LogP contribution in [-0.2, 0) is 9.59 Å². The van der Waals surface area contributed by atoms with Gasteiger partial charge in [0.05, 0.1) is 18.7 Å². The predicted octanol–water partition coefficient (Wildman–Crippen LogP) is 3.85. The van der Waals surface area contributed by atoms with Crippen molar-refractivity contribution in [1.82, 2.24) is 9.80 Å². The summed E-state index contributed by atoms with van der Waals surface area (Å²) in [6.45, 7) is 7.35. The van der Waals surface area contributed by atoms with E-state index in [2.05, 4.69) is 18.7 Å². The number of ketones is 1. The van der Waals surface area contributed by atoms with Gasteiger partial charge in [0.2, 0.25) is 0 Å². The van der Waals surface area contributed by atoms with E-state index in [0.29, 0.717) is 17.9 Å². The fraction of sp³-hybridized carbons (Fsp3) is 0.360. The first-order valence-corrected chi connectivity index (χ1v) is 10.7. The Balaban J connectivity index is 2.00. The molecule has 0 spiro atoms. The minimum absolute atomic E-state index is 0.129. The number of carbonyl (C=O) groups is 2. The zero-order valence-electron chi connectivity index (χ0n) is 18.4. The lowest BCUT2D eigenvalue weighted by atomic mass is 9.95. The molecule has 2 aromatic carbocycles. The monoisotopic (exact) mass is 422 g/mol. The van der Waals surface area contributed by atoms with Crippen LogP contribution < -0.4 is 4.74 Å². The van der Waals surface area contributed by atoms with E-state index in [1.807, 2.05) is 18.2 Å². The summed E-state index contributed by atoms with van der Waals surface area (Å²) in [6, 6.07) is 15.5. The summed E-state index contributed by atoms with van der Waals surface area (Å²) in [5.74, 6) is -0.681. The van der Waals surface area contributed by atoms with Gasteiger partial charge in [-0.25, -0.2) is 0 Å². The summed E-state index contributed by atoms with van der Waals surface area (Å²) in [6.07, 6.45) is 0.743. The van der Waals surface area contributed by atoms with Crippen LogP contribution in [0.2, 0.25) is 0 Å². The molecule has 164 valence electrons. The molecule has 0 bridgehead atoms. The SMILES string of the molecule is CCN(CC)CCCN1C(=O)C(=O)C(=C(O)c2ccccc2)C1c1ccc(OC)cc1. The third-order valence-electron chi connectivity index (χ3n) is 5.79. The Hall–Kier alpha value is -3.12. The minimum Gasteiger partial charge on any atom is -0.507 e. The summed E-state index contributed by atoms with van der Waals surface area (Å²) in [5.41, 5.74) is 1.41. The molecule has 0 aliphatic carbocycles. The fourth-order valence-electron chi connectivity index (χ4n) is 4.00. The maximum Gasteiger partial charge on any atom is 0.295 e. The number of amides is 1. The zero-order valence-corrected chi connectivity index (χ0v) is 18.4. The largest absolute Gasteiger partial charge is 0.507 e. The number of methoxy groups -OCH3 is 1. The lowest BCUT2D eigenvalue weighted by Crippen LogP contribution is -2.33. The molecule has 6 nitrogen and oxygen atoms in total. The van der Waals surface area contributed by atoms with E-state index in [4.69, 9.17) is 4.74 Å². The van der Waals surface area contributed by atoms with E-state index in [-0.39, 0.29) is 11.3 Å². The van der Waals surface area contributed by atoms with Crippen molar-refractivity contribution in [1.29, 1.82) is 0 Å². The molecule has 1 unspecified atom stereocenters. The lowest BCUT2D eigenvalue weighted by Gasteiger charge is -2.27. The van der Waals surface area contributed by atoms with Crippen molar-refractivity contribution in [2.75, 3.05) is 33.3 Å². The standard InChI is InChI=1S/C25H30N2O4/c1-4-26(5-2)16-9-17-27-22(18-12-14-20(31-3)15-13-18)21(24(29)25(27)30)23(28)19-10-7-6-8-11-19/h6-8,10-15,22,28H,4-5,9,16-17H2,1-3H3. The molecular formula is C25H30N2O4. The number of hydrogen-bond donors (Lipinski definition) is 1. The molecule has 1 heterocycles. The van der Waals surface area contributed by atoms with Crippen molar-refractivity contribution in [3.63, 3.8) is 0 Å². The molecule has 1 aliphatic rings. The normalized spacial score (nSPS) is 18.1. The van der Waals surface area contributed by atoms with Crippen molar-refractivity contribution in [3.8, 4) is 5.75 Å². The fourth-order valence-corrected chi connectivity index (χ4v) is 4.00. The second-order valence-corrected chi connectivity index (χ2v) is 7.51. The Bertz CT molecular complexity index is 934. The van der Waals surface area contributed by atoms with Crippen LogP contribution in [0.25, 0.3) is 5.76 Å². The molecule has 2 aromatic rings. The molecule has 0 radical (unpaired) electrons. The van der Waals surface area contributed by atoms with Gasteiger partial charge in [0.15, 0.2) is 0 Å². The van der Waals surface area contributed by atoms with Crippen LogP contribution in [0.1, 0.15) is 37.4 Å². The van der Waals surface area contributed by atoms with E-state index < -0.39 is 17.7 Å². The number of Topliss-reactive ketones (excluding diaryl/α,β-unsaturated/α-hetero) is 1. The number of hydrogen-bond acceptors (Lipinski definition) is 5. The van der Waals surface area contributed by atoms with Crippen LogP contribution in [-0.4, -0.2) is 59.9 Å². The molecule has 1 N–H and O–H groups in total. The highest BCUT2D eigenvalue weighted by atomic mass is 16.5. The highest BCUT2D eigenvalue weighted by Gasteiger charge is 2.45. The first-order chi connectivity index (χ1) is 15.0. The molecular weight excluding hydrogens is 392 g/mol. The molecule has 1 aliphatic heterocycles. The van der Waals surface area contributed by atoms with Gasteiger partial charge in [0, 0.05) is 12.1 Å². The molecule has 31 heavy (non-hydrogen) atoms. The number of ether oxygens (including phenoxy) is 1. The number of benzene rings is 2. The van der Waals surface area contributed by atoms with E-state index in [9.17, 15) is 14.7 Å². The number of nitrogens with zero attached hydrogens (tertiary/aromatic N) is 2. The van der Waals surface area contributed by atoms with Gasteiger partial charge in [0.25, 0.3) is 11.7 Å². The third-order valence-corrected chi connectivity index (χ3v) is 5.79. The minimum atomic E-state index is -0.648. The third kappa shape index (κ3) is 4.80. The van der Waals surface area contributed by atoms with Crippen LogP contribution in [0.15, 0.2) is 60.2 Å². The predicted molar refractivity (Wildman–Crippen MR) is 121 cm³/mol. The number of rotatable bonds is 9. The summed E-state index contributed by atoms with van der Waals surface area (Å²) >= 11 is 0. The Morgan fingerprint density at radius 1 is 1.03 bits per heavy atom. The Morgan fingerprint density at radius 3 is 2.26 bits per heavy atom. The van der Waals surface area contributed by atoms with Gasteiger partial charge in [-0.1, -0.05) is 56.3 Å². The van der Waals surface area contributed by atoms with Crippen LogP contribution >= 0.6 is 0 Å². The Labute approximate surface area is 183 Å². The molecule has 6 heteroatoms. The first kappa shape index (κ1) is 22.6. The quantitative estimate of drug-likeness (QED) is 0.378. The summed E-state index contributed by atoms with van der Waals surface area (Å²) in [5, 5.41) is 11.0. The number of carbonyl (C=O) groups excluding carboxylic acids is 2. The van der Waals surface area contributed by atoms with E-state index in [0.717, 1.165) is 31.6 Å². The van der Waals surface area contributed by atoms with Gasteiger partial charge in [-0.15, -0.1) is 0 Å². The highest BCUT2D eigenvalue weighted by Crippen LogP contribution is 2.39. The van der Waals surface area contributed by atoms with Gasteiger partial charge < -0.3 is 19.6 Å². The molecule has 1 fully saturated rings. The van der Waals surface area contributed by atoms with Crippen molar-refractivity contribution >= 4 is 17.4 Å². The van der Waals surface area contributed by atoms with Crippen LogP contribution in [0, 0.1) is 0 Å². The lowest BCUT2D eigenvalue weighted by molar-refractivity contribution is -0.140. The molecule has 3 rings (SSSR count). The van der Waals surface area contributed by atoms with E-state index >= 15 is 0 Å². The van der Waals surface area contributed by atoms with Gasteiger partial charge in [-0.3, -0.25) is 9.59 Å². The van der Waals surface area contributed by atoms with Crippen LogP contribution in [0.3, 0.4) is 0 Å². The molecule has 0 saturated carbocycles. The average Bonchev–Trinajstić information content (AvgIpc) is 3.07. The zero-order chi connectivity index (χ0) is 22.4. The van der Waals surface area contributed by atoms with Crippen molar-refractivity contribution < 1.29 is 19.4 Å². The Kier molecular flexibility index (Phi) is 7.47. The topological polar surface area (TPSA) is 70.1 Å². The summed E-state index contributed by atoms with van der Waals surface area (Å²) in [4.78, 5) is 29.8. The van der Waals surface area contributed by atoms with Gasteiger partial charge in [0.1, 0.15) is 11.5 Å². The second-order valence-electron chi connectivity index (χ2n) is 7.51. The van der Waals surface area contributed by atoms with Gasteiger partial charge in [-0.05, 0) is 43.8 Å². The van der Waals surface area contributed by atoms with Crippen LogP contribution in [0.4, 0.5) is 0 Å². The molecule has 1 atom stereocenters. The van der Waals surface area contributed by atoms with Crippen molar-refractivity contribution in [3.05, 3.63) is 71.3 Å². The highest BCUT2D eigenvalue weighted by molar-refractivity contribution is 6.46. The Morgan fingerprint density at radius 2 is 1.68 bits per heavy atom. The maximum absolute atomic E-state index is 13.0. The molecule has 1 amide bonds. The maximum atomic E-state index is 13.0. The molecule has 1 saturated heterocycles. The first-order valence-electron chi connectivity index (χ1n) is 10.7. The van der Waals surface area contributed by atoms with E-state index in [1.54, 1.807) is 48.4 Å². The van der Waals surface area contributed by atoms with Gasteiger partial charge in [-0.2, -0.15) is 0 Å². The van der Waals surface area contributed by atoms with Crippen LogP contribution in [0.5, 0.6) is 5.75 Å². The van der Waals surface area contributed by atoms with Gasteiger partial charge >= 0.3 is 0 Å². The summed E-state index contributed by atoms with van der Waals surface area (Å²) < 4.78 is 5.25. The van der Waals surface area contributed by atoms with E-state index in [1.165, 1.54) is 0 Å².